The predicted molar refractivity (Wildman–Crippen MR) is 111 cm³/mol. The minimum atomic E-state index is -0.287. The van der Waals surface area contributed by atoms with Crippen LogP contribution in [0.2, 0.25) is 0 Å². The van der Waals surface area contributed by atoms with E-state index in [1.54, 1.807) is 4.57 Å². The Balaban J connectivity index is 1.73. The van der Waals surface area contributed by atoms with Gasteiger partial charge in [-0.3, -0.25) is 14.2 Å². The van der Waals surface area contributed by atoms with Crippen LogP contribution in [0.25, 0.3) is 10.9 Å². The summed E-state index contributed by atoms with van der Waals surface area (Å²) < 4.78 is 1.71. The number of hydrogen-bond acceptors (Lipinski definition) is 4. The third kappa shape index (κ3) is 4.92. The molecule has 1 aromatic carbocycles. The molecule has 1 fully saturated rings. The monoisotopic (exact) mass is 387 g/mol. The molecule has 1 N–H and O–H groups in total. The SMILES string of the molecule is CCCn1c(S[C@H](C)C(=O)NCC2CCCCC2)nc2ccccc2c1=O. The van der Waals surface area contributed by atoms with E-state index in [-0.39, 0.29) is 16.7 Å². The number of nitrogens with zero attached hydrogens (tertiary/aromatic N) is 2. The molecule has 27 heavy (non-hydrogen) atoms. The van der Waals surface area contributed by atoms with Crippen molar-refractivity contribution in [3.05, 3.63) is 34.6 Å². The second kappa shape index (κ2) is 9.40. The van der Waals surface area contributed by atoms with Crippen LogP contribution in [-0.4, -0.2) is 27.3 Å². The Kier molecular flexibility index (Phi) is 6.94. The maximum absolute atomic E-state index is 12.8. The lowest BCUT2D eigenvalue weighted by atomic mass is 9.89. The number of fused-ring (bicyclic) bond motifs is 1. The van der Waals surface area contributed by atoms with Gasteiger partial charge in [0.05, 0.1) is 16.2 Å². The van der Waals surface area contributed by atoms with E-state index in [2.05, 4.69) is 10.3 Å². The molecule has 1 saturated carbocycles. The summed E-state index contributed by atoms with van der Waals surface area (Å²) in [6.07, 6.45) is 7.13. The largest absolute Gasteiger partial charge is 0.355 e. The molecule has 1 amide bonds. The van der Waals surface area contributed by atoms with E-state index >= 15 is 0 Å². The normalized spacial score (nSPS) is 16.4. The maximum Gasteiger partial charge on any atom is 0.262 e. The summed E-state index contributed by atoms with van der Waals surface area (Å²) in [6.45, 7) is 5.29. The highest BCUT2D eigenvalue weighted by molar-refractivity contribution is 8.00. The molecular formula is C21H29N3O2S. The van der Waals surface area contributed by atoms with Crippen LogP contribution >= 0.6 is 11.8 Å². The topological polar surface area (TPSA) is 64.0 Å². The molecule has 146 valence electrons. The highest BCUT2D eigenvalue weighted by atomic mass is 32.2. The van der Waals surface area contributed by atoms with Gasteiger partial charge in [0.25, 0.3) is 5.56 Å². The molecule has 1 aromatic heterocycles. The molecule has 3 rings (SSSR count). The molecule has 2 aromatic rings. The second-order valence-electron chi connectivity index (χ2n) is 7.38. The zero-order chi connectivity index (χ0) is 19.2. The molecule has 0 unspecified atom stereocenters. The van der Waals surface area contributed by atoms with Crippen LogP contribution in [0.3, 0.4) is 0 Å². The molecule has 0 spiro atoms. The third-order valence-electron chi connectivity index (χ3n) is 5.21. The quantitative estimate of drug-likeness (QED) is 0.576. The van der Waals surface area contributed by atoms with Gasteiger partial charge in [-0.25, -0.2) is 4.98 Å². The fourth-order valence-corrected chi connectivity index (χ4v) is 4.61. The van der Waals surface area contributed by atoms with Crippen LogP contribution < -0.4 is 10.9 Å². The van der Waals surface area contributed by atoms with Gasteiger partial charge in [-0.1, -0.05) is 50.1 Å². The molecular weight excluding hydrogens is 358 g/mol. The van der Waals surface area contributed by atoms with Crippen molar-refractivity contribution in [3.63, 3.8) is 0 Å². The van der Waals surface area contributed by atoms with E-state index in [4.69, 9.17) is 0 Å². The van der Waals surface area contributed by atoms with E-state index in [9.17, 15) is 9.59 Å². The Labute approximate surface area is 164 Å². The summed E-state index contributed by atoms with van der Waals surface area (Å²) >= 11 is 1.37. The second-order valence-corrected chi connectivity index (χ2v) is 8.69. The fourth-order valence-electron chi connectivity index (χ4n) is 3.65. The summed E-state index contributed by atoms with van der Waals surface area (Å²) in [4.78, 5) is 30.1. The number of para-hydroxylation sites is 1. The molecule has 0 bridgehead atoms. The van der Waals surface area contributed by atoms with Gasteiger partial charge in [-0.05, 0) is 44.2 Å². The van der Waals surface area contributed by atoms with Gasteiger partial charge < -0.3 is 5.32 Å². The third-order valence-corrected chi connectivity index (χ3v) is 6.31. The molecule has 5 nitrogen and oxygen atoms in total. The van der Waals surface area contributed by atoms with Crippen molar-refractivity contribution in [2.75, 3.05) is 6.54 Å². The lowest BCUT2D eigenvalue weighted by molar-refractivity contribution is -0.120. The average molecular weight is 388 g/mol. The van der Waals surface area contributed by atoms with Crippen molar-refractivity contribution in [1.82, 2.24) is 14.9 Å². The van der Waals surface area contributed by atoms with E-state index in [0.717, 1.165) is 13.0 Å². The first-order valence-electron chi connectivity index (χ1n) is 10.0. The van der Waals surface area contributed by atoms with Crippen molar-refractivity contribution in [1.29, 1.82) is 0 Å². The number of nitrogens with one attached hydrogen (secondary N) is 1. The van der Waals surface area contributed by atoms with Crippen LogP contribution in [0.5, 0.6) is 0 Å². The molecule has 1 aliphatic carbocycles. The predicted octanol–water partition coefficient (Wildman–Crippen LogP) is 3.98. The van der Waals surface area contributed by atoms with Crippen LogP contribution in [0.4, 0.5) is 0 Å². The van der Waals surface area contributed by atoms with Crippen molar-refractivity contribution >= 4 is 28.6 Å². The minimum Gasteiger partial charge on any atom is -0.355 e. The molecule has 1 atom stereocenters. The lowest BCUT2D eigenvalue weighted by Crippen LogP contribution is -2.35. The number of thioether (sulfide) groups is 1. The molecule has 0 saturated heterocycles. The summed E-state index contributed by atoms with van der Waals surface area (Å²) in [7, 11) is 0. The fraction of sp³-hybridized carbons (Fsp3) is 0.571. The molecule has 0 aliphatic heterocycles. The number of carbonyl (C=O) groups excluding carboxylic acids is 1. The minimum absolute atomic E-state index is 0.0241. The number of amides is 1. The van der Waals surface area contributed by atoms with E-state index in [1.165, 1.54) is 43.9 Å². The number of benzene rings is 1. The molecule has 1 heterocycles. The van der Waals surface area contributed by atoms with Crippen LogP contribution in [0, 0.1) is 5.92 Å². The van der Waals surface area contributed by atoms with Crippen LogP contribution in [0.15, 0.2) is 34.2 Å². The van der Waals surface area contributed by atoms with E-state index in [1.807, 2.05) is 38.1 Å². The first kappa shape index (κ1) is 19.9. The zero-order valence-corrected chi connectivity index (χ0v) is 17.1. The Morgan fingerprint density at radius 2 is 2.04 bits per heavy atom. The van der Waals surface area contributed by atoms with Gasteiger partial charge in [-0.15, -0.1) is 0 Å². The van der Waals surface area contributed by atoms with Gasteiger partial charge in [-0.2, -0.15) is 0 Å². The number of carbonyl (C=O) groups is 1. The average Bonchev–Trinajstić information content (AvgIpc) is 2.70. The number of rotatable bonds is 7. The summed E-state index contributed by atoms with van der Waals surface area (Å²) in [6, 6.07) is 7.40. The van der Waals surface area contributed by atoms with E-state index < -0.39 is 0 Å². The first-order valence-corrected chi connectivity index (χ1v) is 10.9. The Morgan fingerprint density at radius 1 is 1.30 bits per heavy atom. The molecule has 6 heteroatoms. The zero-order valence-electron chi connectivity index (χ0n) is 16.2. The smallest absolute Gasteiger partial charge is 0.262 e. The van der Waals surface area contributed by atoms with Gasteiger partial charge >= 0.3 is 0 Å². The maximum atomic E-state index is 12.8. The molecule has 0 radical (unpaired) electrons. The van der Waals surface area contributed by atoms with Gasteiger partial charge in [0.2, 0.25) is 5.91 Å². The van der Waals surface area contributed by atoms with Crippen molar-refractivity contribution in [2.24, 2.45) is 5.92 Å². The summed E-state index contributed by atoms with van der Waals surface area (Å²) in [5.74, 6) is 0.632. The molecule has 1 aliphatic rings. The highest BCUT2D eigenvalue weighted by Crippen LogP contribution is 2.25. The Bertz CT molecular complexity index is 843. The van der Waals surface area contributed by atoms with Gasteiger partial charge in [0, 0.05) is 13.1 Å². The van der Waals surface area contributed by atoms with Gasteiger partial charge in [0.1, 0.15) is 0 Å². The lowest BCUT2D eigenvalue weighted by Gasteiger charge is -2.22. The first-order chi connectivity index (χ1) is 13.1. The Hall–Kier alpha value is -1.82. The van der Waals surface area contributed by atoms with Crippen LogP contribution in [-0.2, 0) is 11.3 Å². The standard InChI is InChI=1S/C21H29N3O2S/c1-3-13-24-20(26)17-11-7-8-12-18(17)23-21(24)27-15(2)19(25)22-14-16-9-5-4-6-10-16/h7-8,11-12,15-16H,3-6,9-10,13-14H2,1-2H3,(H,22,25)/t15-/m1/s1. The number of aromatic nitrogens is 2. The van der Waals surface area contributed by atoms with E-state index in [0.29, 0.717) is 28.5 Å². The Morgan fingerprint density at radius 3 is 2.78 bits per heavy atom. The van der Waals surface area contributed by atoms with Crippen molar-refractivity contribution in [3.8, 4) is 0 Å². The highest BCUT2D eigenvalue weighted by Gasteiger charge is 2.21. The summed E-state index contributed by atoms with van der Waals surface area (Å²) in [5, 5.41) is 4.07. The van der Waals surface area contributed by atoms with Crippen molar-refractivity contribution in [2.45, 2.75) is 69.3 Å². The number of hydrogen-bond donors (Lipinski definition) is 1. The van der Waals surface area contributed by atoms with Crippen LogP contribution in [0.1, 0.15) is 52.4 Å². The summed E-state index contributed by atoms with van der Waals surface area (Å²) in [5.41, 5.74) is 0.659. The van der Waals surface area contributed by atoms with Crippen molar-refractivity contribution < 1.29 is 4.79 Å². The van der Waals surface area contributed by atoms with Gasteiger partial charge in [0.15, 0.2) is 5.16 Å².